The molecular weight excluding hydrogens is 342 g/mol. The minimum absolute atomic E-state index is 0.316. The number of anilines is 2. The molecule has 7 rings (SSSR count). The fraction of sp³-hybridized carbons (Fsp3) is 0.500. The number of nitrogen functional groups attached to an aromatic ring is 1. The summed E-state index contributed by atoms with van der Waals surface area (Å²) in [5.74, 6) is 4.15. The predicted octanol–water partition coefficient (Wildman–Crippen LogP) is 1.85. The van der Waals surface area contributed by atoms with Gasteiger partial charge in [-0.1, -0.05) is 6.07 Å². The molecule has 3 atom stereocenters. The normalized spacial score (nSPS) is 33.3. The standard InChI is InChI=1S/C20H23N5O2/c21-20-22-6-3-17(23-20)25-10-14(13-1-2-15-16(9-13)27-11-26-15)19-18(25)12-4-7-24(19)8-5-12/h1-3,6,9,12,14,18-19H,4-5,7-8,10-11H2,(H2,21,22,23)/t14-,18+,19+/m1/s1. The summed E-state index contributed by atoms with van der Waals surface area (Å²) < 4.78 is 11.1. The zero-order valence-electron chi connectivity index (χ0n) is 15.1. The van der Waals surface area contributed by atoms with Crippen LogP contribution in [-0.2, 0) is 0 Å². The molecule has 0 spiro atoms. The SMILES string of the molecule is Nc1nccc(N2C[C@H](c3ccc4c(c3)OCO4)[C@H]3[C@@H]2C2CCN3CC2)n1. The molecule has 7 nitrogen and oxygen atoms in total. The number of fused-ring (bicyclic) bond motifs is 3. The molecule has 6 heterocycles. The number of benzene rings is 1. The average Bonchev–Trinajstić information content (AvgIpc) is 3.34. The molecule has 5 aliphatic heterocycles. The molecular formula is C20H23N5O2. The van der Waals surface area contributed by atoms with E-state index in [1.54, 1.807) is 6.20 Å². The highest BCUT2D eigenvalue weighted by Gasteiger charge is 2.53. The van der Waals surface area contributed by atoms with Crippen molar-refractivity contribution in [2.45, 2.75) is 30.8 Å². The Balaban J connectivity index is 1.42. The van der Waals surface area contributed by atoms with Crippen LogP contribution < -0.4 is 20.1 Å². The molecule has 4 saturated heterocycles. The van der Waals surface area contributed by atoms with Gasteiger partial charge in [-0.15, -0.1) is 0 Å². The summed E-state index contributed by atoms with van der Waals surface area (Å²) in [7, 11) is 0. The molecule has 2 aromatic rings. The second-order valence-corrected chi connectivity index (χ2v) is 8.00. The van der Waals surface area contributed by atoms with E-state index in [0.29, 0.717) is 30.7 Å². The molecule has 140 valence electrons. The summed E-state index contributed by atoms with van der Waals surface area (Å²) in [6.45, 7) is 3.66. The van der Waals surface area contributed by atoms with Gasteiger partial charge in [0.2, 0.25) is 12.7 Å². The number of piperidine rings is 3. The summed E-state index contributed by atoms with van der Waals surface area (Å²) in [4.78, 5) is 13.8. The summed E-state index contributed by atoms with van der Waals surface area (Å²) in [5, 5.41) is 0. The highest BCUT2D eigenvalue weighted by molar-refractivity contribution is 5.51. The number of nitrogens with two attached hydrogens (primary N) is 1. The molecule has 0 unspecified atom stereocenters. The molecule has 0 amide bonds. The van der Waals surface area contributed by atoms with Crippen LogP contribution in [0.25, 0.3) is 0 Å². The van der Waals surface area contributed by atoms with Crippen LogP contribution in [0.15, 0.2) is 30.5 Å². The van der Waals surface area contributed by atoms with Gasteiger partial charge in [0.15, 0.2) is 11.5 Å². The Kier molecular flexibility index (Phi) is 3.29. The van der Waals surface area contributed by atoms with E-state index in [0.717, 1.165) is 29.8 Å². The smallest absolute Gasteiger partial charge is 0.231 e. The highest BCUT2D eigenvalue weighted by atomic mass is 16.7. The molecule has 2 N–H and O–H groups in total. The Morgan fingerprint density at radius 1 is 1.04 bits per heavy atom. The monoisotopic (exact) mass is 365 g/mol. The number of nitrogens with zero attached hydrogens (tertiary/aromatic N) is 4. The van der Waals surface area contributed by atoms with E-state index in [1.807, 2.05) is 6.07 Å². The van der Waals surface area contributed by atoms with Crippen LogP contribution in [0.3, 0.4) is 0 Å². The minimum atomic E-state index is 0.316. The third kappa shape index (κ3) is 2.31. The van der Waals surface area contributed by atoms with Crippen molar-refractivity contribution in [1.29, 1.82) is 0 Å². The maximum Gasteiger partial charge on any atom is 0.231 e. The third-order valence-electron chi connectivity index (χ3n) is 6.77. The number of rotatable bonds is 2. The Morgan fingerprint density at radius 3 is 2.74 bits per heavy atom. The van der Waals surface area contributed by atoms with Gasteiger partial charge in [-0.2, -0.15) is 4.98 Å². The third-order valence-corrected chi connectivity index (χ3v) is 6.77. The van der Waals surface area contributed by atoms with Gasteiger partial charge in [0, 0.05) is 30.7 Å². The van der Waals surface area contributed by atoms with Crippen LogP contribution in [0, 0.1) is 5.92 Å². The lowest BCUT2D eigenvalue weighted by atomic mass is 9.75. The van der Waals surface area contributed by atoms with Crippen molar-refractivity contribution in [3.8, 4) is 11.5 Å². The van der Waals surface area contributed by atoms with Gasteiger partial charge in [0.05, 0.1) is 0 Å². The molecule has 5 aliphatic rings. The molecule has 4 fully saturated rings. The minimum Gasteiger partial charge on any atom is -0.454 e. The quantitative estimate of drug-likeness (QED) is 0.870. The summed E-state index contributed by atoms with van der Waals surface area (Å²) in [5.41, 5.74) is 7.21. The van der Waals surface area contributed by atoms with Crippen LogP contribution in [0.5, 0.6) is 11.5 Å². The van der Waals surface area contributed by atoms with Gasteiger partial charge in [0.25, 0.3) is 0 Å². The second-order valence-electron chi connectivity index (χ2n) is 8.00. The van der Waals surface area contributed by atoms with Crippen molar-refractivity contribution in [3.63, 3.8) is 0 Å². The first-order chi connectivity index (χ1) is 13.3. The van der Waals surface area contributed by atoms with Crippen molar-refractivity contribution in [2.24, 2.45) is 5.92 Å². The van der Waals surface area contributed by atoms with Gasteiger partial charge in [-0.25, -0.2) is 4.98 Å². The Labute approximate surface area is 158 Å². The van der Waals surface area contributed by atoms with Crippen molar-refractivity contribution in [1.82, 2.24) is 14.9 Å². The molecule has 0 saturated carbocycles. The Hall–Kier alpha value is -2.54. The molecule has 27 heavy (non-hydrogen) atoms. The molecule has 2 bridgehead atoms. The van der Waals surface area contributed by atoms with Crippen LogP contribution in [0.2, 0.25) is 0 Å². The maximum absolute atomic E-state index is 5.89. The largest absolute Gasteiger partial charge is 0.454 e. The zero-order chi connectivity index (χ0) is 18.0. The fourth-order valence-corrected chi connectivity index (χ4v) is 5.64. The zero-order valence-corrected chi connectivity index (χ0v) is 15.1. The average molecular weight is 365 g/mol. The van der Waals surface area contributed by atoms with Crippen LogP contribution in [-0.4, -0.2) is 53.4 Å². The number of aromatic nitrogens is 2. The first kappa shape index (κ1) is 15.5. The summed E-state index contributed by atoms with van der Waals surface area (Å²) in [6, 6.07) is 9.41. The lowest BCUT2D eigenvalue weighted by Gasteiger charge is -2.51. The van der Waals surface area contributed by atoms with E-state index < -0.39 is 0 Å². The van der Waals surface area contributed by atoms with Crippen molar-refractivity contribution < 1.29 is 9.47 Å². The van der Waals surface area contributed by atoms with Gasteiger partial charge in [-0.05, 0) is 55.6 Å². The van der Waals surface area contributed by atoms with E-state index in [4.69, 9.17) is 15.2 Å². The first-order valence-corrected chi connectivity index (χ1v) is 9.77. The van der Waals surface area contributed by atoms with Crippen molar-refractivity contribution in [2.75, 3.05) is 37.1 Å². The molecule has 7 heteroatoms. The van der Waals surface area contributed by atoms with Gasteiger partial charge in [0.1, 0.15) is 5.82 Å². The van der Waals surface area contributed by atoms with Gasteiger partial charge < -0.3 is 20.1 Å². The van der Waals surface area contributed by atoms with Gasteiger partial charge in [-0.3, -0.25) is 4.90 Å². The molecule has 0 aliphatic carbocycles. The topological polar surface area (TPSA) is 76.7 Å². The molecule has 0 radical (unpaired) electrons. The van der Waals surface area contributed by atoms with E-state index >= 15 is 0 Å². The van der Waals surface area contributed by atoms with E-state index in [1.165, 1.54) is 31.5 Å². The summed E-state index contributed by atoms with van der Waals surface area (Å²) in [6.07, 6.45) is 4.31. The highest BCUT2D eigenvalue weighted by Crippen LogP contribution is 2.48. The maximum atomic E-state index is 5.89. The Morgan fingerprint density at radius 2 is 1.89 bits per heavy atom. The predicted molar refractivity (Wildman–Crippen MR) is 101 cm³/mol. The number of ether oxygens (including phenoxy) is 2. The molecule has 1 aromatic heterocycles. The summed E-state index contributed by atoms with van der Waals surface area (Å²) >= 11 is 0. The first-order valence-electron chi connectivity index (χ1n) is 9.77. The second kappa shape index (κ2) is 5.73. The molecule has 1 aromatic carbocycles. The van der Waals surface area contributed by atoms with Crippen LogP contribution >= 0.6 is 0 Å². The number of hydrogen-bond acceptors (Lipinski definition) is 7. The van der Waals surface area contributed by atoms with Crippen LogP contribution in [0.1, 0.15) is 24.3 Å². The number of hydrogen-bond donors (Lipinski definition) is 1. The van der Waals surface area contributed by atoms with Crippen molar-refractivity contribution in [3.05, 3.63) is 36.0 Å². The van der Waals surface area contributed by atoms with E-state index in [9.17, 15) is 0 Å². The fourth-order valence-electron chi connectivity index (χ4n) is 5.64. The lowest BCUT2D eigenvalue weighted by Crippen LogP contribution is -2.60. The van der Waals surface area contributed by atoms with E-state index in [-0.39, 0.29) is 0 Å². The van der Waals surface area contributed by atoms with Crippen LogP contribution in [0.4, 0.5) is 11.8 Å². The van der Waals surface area contributed by atoms with Gasteiger partial charge >= 0.3 is 0 Å². The van der Waals surface area contributed by atoms with E-state index in [2.05, 4.69) is 38.0 Å². The Bertz CT molecular complexity index is 882. The lowest BCUT2D eigenvalue weighted by molar-refractivity contribution is 0.0354. The van der Waals surface area contributed by atoms with Crippen molar-refractivity contribution >= 4 is 11.8 Å².